The summed E-state index contributed by atoms with van der Waals surface area (Å²) in [7, 11) is 0. The van der Waals surface area contributed by atoms with E-state index in [2.05, 4.69) is 4.98 Å². The van der Waals surface area contributed by atoms with Gasteiger partial charge in [-0.1, -0.05) is 34.6 Å². The van der Waals surface area contributed by atoms with Gasteiger partial charge in [-0.2, -0.15) is 4.98 Å². The van der Waals surface area contributed by atoms with Gasteiger partial charge >= 0.3 is 17.6 Å². The van der Waals surface area contributed by atoms with E-state index in [1.807, 2.05) is 6.92 Å². The zero-order valence-electron chi connectivity index (χ0n) is 17.0. The molecule has 2 heterocycles. The lowest BCUT2D eigenvalue weighted by molar-refractivity contribution is -0.182. The summed E-state index contributed by atoms with van der Waals surface area (Å²) in [5.41, 5.74) is 3.93. The molecule has 1 saturated heterocycles. The number of ether oxygens (including phenoxy) is 3. The molecule has 2 N–H and O–H groups in total. The lowest BCUT2D eigenvalue weighted by Gasteiger charge is -2.33. The van der Waals surface area contributed by atoms with Gasteiger partial charge in [0, 0.05) is 12.6 Å². The lowest BCUT2D eigenvalue weighted by atomic mass is 9.94. The second-order valence-corrected chi connectivity index (χ2v) is 7.61. The van der Waals surface area contributed by atoms with Crippen LogP contribution in [0.5, 0.6) is 0 Å². The molecule has 9 nitrogen and oxygen atoms in total. The summed E-state index contributed by atoms with van der Waals surface area (Å²) in [5, 5.41) is 0. The molecule has 0 spiro atoms. The van der Waals surface area contributed by atoms with Crippen molar-refractivity contribution >= 4 is 17.8 Å². The number of rotatable bonds is 7. The molecule has 0 saturated carbocycles. The van der Waals surface area contributed by atoms with Crippen molar-refractivity contribution in [1.82, 2.24) is 9.55 Å². The van der Waals surface area contributed by atoms with Gasteiger partial charge in [-0.25, -0.2) is 4.79 Å². The standard InChI is InChI=1S/C19H29N3O6/c1-6-19(10-26-16(23)11(2)3)13(27-17(24)12(4)5)9-15(28-19)22-8-7-14(20)21-18(22)25/h7-8,11-13,15H,6,9-10H2,1-5H3,(H2,20,21,25)/t13?,15?,19-/m1/s1. The highest BCUT2D eigenvalue weighted by Crippen LogP contribution is 2.41. The molecule has 9 heteroatoms. The monoisotopic (exact) mass is 395 g/mol. The molecule has 0 bridgehead atoms. The minimum absolute atomic E-state index is 0.0792. The third kappa shape index (κ3) is 4.70. The molecule has 1 fully saturated rings. The van der Waals surface area contributed by atoms with Crippen molar-refractivity contribution in [3.8, 4) is 0 Å². The Bertz CT molecular complexity index is 775. The minimum Gasteiger partial charge on any atom is -0.462 e. The van der Waals surface area contributed by atoms with E-state index in [0.29, 0.717) is 6.42 Å². The number of nitrogen functional groups attached to an aromatic ring is 1. The average Bonchev–Trinajstić information content (AvgIpc) is 2.97. The molecule has 1 aliphatic rings. The topological polar surface area (TPSA) is 123 Å². The Balaban J connectivity index is 2.32. The van der Waals surface area contributed by atoms with Crippen LogP contribution < -0.4 is 11.4 Å². The first-order valence-corrected chi connectivity index (χ1v) is 9.49. The molecule has 0 amide bonds. The number of carbonyl (C=O) groups excluding carboxylic acids is 2. The Morgan fingerprint density at radius 1 is 1.32 bits per heavy atom. The average molecular weight is 395 g/mol. The van der Waals surface area contributed by atoms with Crippen LogP contribution in [0.1, 0.15) is 53.7 Å². The number of esters is 2. The SMILES string of the molecule is CC[C@]1(COC(=O)C(C)C)OC(n2ccc(N)nc2=O)CC1OC(=O)C(C)C. The fraction of sp³-hybridized carbons (Fsp3) is 0.684. The highest BCUT2D eigenvalue weighted by atomic mass is 16.6. The molecule has 28 heavy (non-hydrogen) atoms. The first-order valence-electron chi connectivity index (χ1n) is 9.49. The van der Waals surface area contributed by atoms with Crippen LogP contribution in [0.3, 0.4) is 0 Å². The lowest BCUT2D eigenvalue weighted by Crippen LogP contribution is -2.47. The summed E-state index contributed by atoms with van der Waals surface area (Å²) in [6, 6.07) is 1.49. The highest BCUT2D eigenvalue weighted by molar-refractivity contribution is 5.72. The first kappa shape index (κ1) is 21.9. The van der Waals surface area contributed by atoms with E-state index in [-0.39, 0.29) is 42.6 Å². The van der Waals surface area contributed by atoms with Crippen molar-refractivity contribution in [2.24, 2.45) is 11.8 Å². The maximum Gasteiger partial charge on any atom is 0.351 e. The maximum absolute atomic E-state index is 12.2. The molecular weight excluding hydrogens is 366 g/mol. The summed E-state index contributed by atoms with van der Waals surface area (Å²) in [4.78, 5) is 40.1. The molecule has 2 rings (SSSR count). The van der Waals surface area contributed by atoms with Gasteiger partial charge in [0.25, 0.3) is 0 Å². The van der Waals surface area contributed by atoms with Gasteiger partial charge in [0.15, 0.2) is 0 Å². The summed E-state index contributed by atoms with van der Waals surface area (Å²) in [5.74, 6) is -1.28. The Kier molecular flexibility index (Phi) is 6.82. The largest absolute Gasteiger partial charge is 0.462 e. The third-order valence-corrected chi connectivity index (χ3v) is 4.79. The van der Waals surface area contributed by atoms with Crippen LogP contribution in [0.15, 0.2) is 17.1 Å². The predicted molar refractivity (Wildman–Crippen MR) is 101 cm³/mol. The summed E-state index contributed by atoms with van der Waals surface area (Å²) < 4.78 is 18.5. The third-order valence-electron chi connectivity index (χ3n) is 4.79. The number of hydrogen-bond acceptors (Lipinski definition) is 8. The van der Waals surface area contributed by atoms with Crippen molar-refractivity contribution in [1.29, 1.82) is 0 Å². The van der Waals surface area contributed by atoms with E-state index in [1.165, 1.54) is 16.8 Å². The van der Waals surface area contributed by atoms with Crippen LogP contribution >= 0.6 is 0 Å². The molecule has 0 aromatic carbocycles. The molecule has 0 aliphatic carbocycles. The van der Waals surface area contributed by atoms with Gasteiger partial charge in [-0.05, 0) is 12.5 Å². The molecule has 3 atom stereocenters. The van der Waals surface area contributed by atoms with Gasteiger partial charge in [0.05, 0.1) is 11.8 Å². The number of hydrogen-bond donors (Lipinski definition) is 1. The Hall–Kier alpha value is -2.42. The van der Waals surface area contributed by atoms with Gasteiger partial charge in [-0.15, -0.1) is 0 Å². The molecule has 1 aromatic rings. The molecule has 0 radical (unpaired) electrons. The Morgan fingerprint density at radius 3 is 2.50 bits per heavy atom. The van der Waals surface area contributed by atoms with Crippen molar-refractivity contribution in [2.45, 2.75) is 65.4 Å². The number of anilines is 1. The predicted octanol–water partition coefficient (Wildman–Crippen LogP) is 1.66. The van der Waals surface area contributed by atoms with Crippen LogP contribution in [-0.2, 0) is 23.8 Å². The first-order chi connectivity index (χ1) is 13.1. The van der Waals surface area contributed by atoms with Crippen LogP contribution in [0.4, 0.5) is 5.82 Å². The smallest absolute Gasteiger partial charge is 0.351 e. The van der Waals surface area contributed by atoms with Crippen molar-refractivity contribution < 1.29 is 23.8 Å². The summed E-state index contributed by atoms with van der Waals surface area (Å²) >= 11 is 0. The van der Waals surface area contributed by atoms with Crippen molar-refractivity contribution in [3.05, 3.63) is 22.7 Å². The number of nitrogens with two attached hydrogens (primary N) is 1. The summed E-state index contributed by atoms with van der Waals surface area (Å²) in [6.45, 7) is 8.70. The molecular formula is C19H29N3O6. The van der Waals surface area contributed by atoms with Gasteiger partial charge < -0.3 is 19.9 Å². The van der Waals surface area contributed by atoms with Crippen LogP contribution in [-0.4, -0.2) is 39.8 Å². The van der Waals surface area contributed by atoms with Crippen LogP contribution in [0.2, 0.25) is 0 Å². The zero-order chi connectivity index (χ0) is 21.1. The maximum atomic E-state index is 12.2. The second-order valence-electron chi connectivity index (χ2n) is 7.61. The van der Waals surface area contributed by atoms with Gasteiger partial charge in [-0.3, -0.25) is 14.2 Å². The van der Waals surface area contributed by atoms with E-state index in [4.69, 9.17) is 19.9 Å². The van der Waals surface area contributed by atoms with E-state index in [1.54, 1.807) is 27.7 Å². The Morgan fingerprint density at radius 2 is 1.96 bits per heavy atom. The fourth-order valence-electron chi connectivity index (χ4n) is 2.94. The van der Waals surface area contributed by atoms with E-state index in [9.17, 15) is 14.4 Å². The van der Waals surface area contributed by atoms with Gasteiger partial charge in [0.2, 0.25) is 0 Å². The van der Waals surface area contributed by atoms with Crippen LogP contribution in [0.25, 0.3) is 0 Å². The van der Waals surface area contributed by atoms with Gasteiger partial charge in [0.1, 0.15) is 30.4 Å². The molecule has 156 valence electrons. The number of nitrogens with zero attached hydrogens (tertiary/aromatic N) is 2. The second kappa shape index (κ2) is 8.72. The molecule has 1 aliphatic heterocycles. The van der Waals surface area contributed by atoms with Crippen molar-refractivity contribution in [3.63, 3.8) is 0 Å². The number of aromatic nitrogens is 2. The van der Waals surface area contributed by atoms with Crippen molar-refractivity contribution in [2.75, 3.05) is 12.3 Å². The van der Waals surface area contributed by atoms with E-state index >= 15 is 0 Å². The normalized spacial score (nSPS) is 24.5. The molecule has 1 aromatic heterocycles. The molecule has 2 unspecified atom stereocenters. The summed E-state index contributed by atoms with van der Waals surface area (Å²) in [6.07, 6.45) is 0.742. The van der Waals surface area contributed by atoms with E-state index in [0.717, 1.165) is 0 Å². The fourth-order valence-corrected chi connectivity index (χ4v) is 2.94. The highest BCUT2D eigenvalue weighted by Gasteiger charge is 2.52. The quantitative estimate of drug-likeness (QED) is 0.692. The zero-order valence-corrected chi connectivity index (χ0v) is 17.0. The Labute approximate surface area is 164 Å². The number of carbonyl (C=O) groups is 2. The van der Waals surface area contributed by atoms with E-state index < -0.39 is 23.6 Å². The van der Waals surface area contributed by atoms with Crippen LogP contribution in [0, 0.1) is 11.8 Å². The minimum atomic E-state index is -1.05.